The van der Waals surface area contributed by atoms with Gasteiger partial charge in [0.15, 0.2) is 15.6 Å². The van der Waals surface area contributed by atoms with Crippen LogP contribution >= 0.6 is 11.3 Å². The summed E-state index contributed by atoms with van der Waals surface area (Å²) in [5, 5.41) is 9.84. The molecular formula is C13H20N2O4S2. The second-order valence-corrected chi connectivity index (χ2v) is 8.40. The molecule has 0 spiro atoms. The van der Waals surface area contributed by atoms with Crippen LogP contribution in [0.4, 0.5) is 10.7 Å². The minimum absolute atomic E-state index is 0.0520. The van der Waals surface area contributed by atoms with E-state index < -0.39 is 9.84 Å². The number of hydrogen-bond acceptors (Lipinski definition) is 7. The molecule has 1 aliphatic rings. The van der Waals surface area contributed by atoms with Gasteiger partial charge in [0, 0.05) is 32.9 Å². The smallest absolute Gasteiger partial charge is 0.180 e. The molecule has 0 saturated carbocycles. The number of thiophene rings is 1. The number of nitrogen functional groups attached to an aromatic ring is 1. The molecule has 1 aromatic heterocycles. The SMILES string of the molecule is CC(=O)c1sc(N2CCCC(CO)C2)c(S(C)(=O)=O)c1N. The molecule has 1 saturated heterocycles. The van der Waals surface area contributed by atoms with Crippen LogP contribution in [0.15, 0.2) is 4.90 Å². The van der Waals surface area contributed by atoms with Crippen molar-refractivity contribution in [1.29, 1.82) is 0 Å². The Kier molecular flexibility index (Phi) is 4.60. The predicted molar refractivity (Wildman–Crippen MR) is 83.9 cm³/mol. The molecule has 0 bridgehead atoms. The van der Waals surface area contributed by atoms with Crippen LogP contribution in [-0.4, -0.2) is 45.3 Å². The van der Waals surface area contributed by atoms with Gasteiger partial charge in [0.1, 0.15) is 9.90 Å². The van der Waals surface area contributed by atoms with Crippen LogP contribution in [0.2, 0.25) is 0 Å². The molecule has 8 heteroatoms. The first kappa shape index (κ1) is 16.3. The van der Waals surface area contributed by atoms with Crippen molar-refractivity contribution in [3.05, 3.63) is 4.88 Å². The highest BCUT2D eigenvalue weighted by molar-refractivity contribution is 7.91. The topological polar surface area (TPSA) is 101 Å². The highest BCUT2D eigenvalue weighted by Gasteiger charge is 2.30. The monoisotopic (exact) mass is 332 g/mol. The number of ketones is 1. The first-order valence-corrected chi connectivity index (χ1v) is 9.45. The van der Waals surface area contributed by atoms with Gasteiger partial charge in [-0.2, -0.15) is 0 Å². The van der Waals surface area contributed by atoms with Crippen molar-refractivity contribution in [3.8, 4) is 0 Å². The Bertz CT molecular complexity index is 651. The Hall–Kier alpha value is -1.12. The van der Waals surface area contributed by atoms with Gasteiger partial charge >= 0.3 is 0 Å². The van der Waals surface area contributed by atoms with Crippen molar-refractivity contribution < 1.29 is 18.3 Å². The third kappa shape index (κ3) is 3.22. The second kappa shape index (κ2) is 5.94. The lowest BCUT2D eigenvalue weighted by Gasteiger charge is -2.33. The Morgan fingerprint density at radius 3 is 2.71 bits per heavy atom. The summed E-state index contributed by atoms with van der Waals surface area (Å²) in [5.41, 5.74) is 5.95. The summed E-state index contributed by atoms with van der Waals surface area (Å²) >= 11 is 1.13. The van der Waals surface area contributed by atoms with Crippen LogP contribution in [-0.2, 0) is 9.84 Å². The molecule has 2 heterocycles. The van der Waals surface area contributed by atoms with E-state index in [2.05, 4.69) is 0 Å². The Morgan fingerprint density at radius 2 is 2.19 bits per heavy atom. The van der Waals surface area contributed by atoms with Gasteiger partial charge < -0.3 is 15.7 Å². The summed E-state index contributed by atoms with van der Waals surface area (Å²) < 4.78 is 24.1. The van der Waals surface area contributed by atoms with Gasteiger partial charge in [-0.05, 0) is 18.8 Å². The lowest BCUT2D eigenvalue weighted by molar-refractivity contribution is 0.102. The van der Waals surface area contributed by atoms with Gasteiger partial charge in [-0.1, -0.05) is 0 Å². The molecule has 21 heavy (non-hydrogen) atoms. The van der Waals surface area contributed by atoms with Gasteiger partial charge in [-0.25, -0.2) is 8.42 Å². The highest BCUT2D eigenvalue weighted by atomic mass is 32.2. The van der Waals surface area contributed by atoms with Crippen molar-refractivity contribution in [1.82, 2.24) is 0 Å². The average Bonchev–Trinajstić information content (AvgIpc) is 2.76. The predicted octanol–water partition coefficient (Wildman–Crippen LogP) is 1.15. The zero-order valence-electron chi connectivity index (χ0n) is 12.1. The zero-order chi connectivity index (χ0) is 15.8. The second-order valence-electron chi connectivity index (χ2n) is 5.44. The molecule has 118 valence electrons. The van der Waals surface area contributed by atoms with Crippen LogP contribution in [0.1, 0.15) is 29.4 Å². The molecule has 1 aliphatic heterocycles. The van der Waals surface area contributed by atoms with Gasteiger partial charge in [0.25, 0.3) is 0 Å². The van der Waals surface area contributed by atoms with Crippen LogP contribution in [0, 0.1) is 5.92 Å². The fourth-order valence-electron chi connectivity index (χ4n) is 2.64. The first-order valence-electron chi connectivity index (χ1n) is 6.74. The Morgan fingerprint density at radius 1 is 1.52 bits per heavy atom. The van der Waals surface area contributed by atoms with E-state index in [0.29, 0.717) is 18.1 Å². The van der Waals surface area contributed by atoms with Crippen molar-refractivity contribution in [2.75, 3.05) is 36.6 Å². The third-order valence-corrected chi connectivity index (χ3v) is 6.29. The van der Waals surface area contributed by atoms with Gasteiger partial charge in [0.05, 0.1) is 10.6 Å². The summed E-state index contributed by atoms with van der Waals surface area (Å²) in [6, 6.07) is 0. The highest BCUT2D eigenvalue weighted by Crippen LogP contribution is 2.42. The molecular weight excluding hydrogens is 312 g/mol. The maximum atomic E-state index is 12.0. The fraction of sp³-hybridized carbons (Fsp3) is 0.615. The van der Waals surface area contributed by atoms with Crippen LogP contribution in [0.5, 0.6) is 0 Å². The molecule has 0 aliphatic carbocycles. The molecule has 1 unspecified atom stereocenters. The maximum absolute atomic E-state index is 12.0. The maximum Gasteiger partial charge on any atom is 0.180 e. The number of nitrogens with two attached hydrogens (primary N) is 1. The number of hydrogen-bond donors (Lipinski definition) is 2. The molecule has 3 N–H and O–H groups in total. The standard InChI is InChI=1S/C13H20N2O4S2/c1-8(17)11-10(14)12(21(2,18)19)13(20-11)15-5-3-4-9(6-15)7-16/h9,16H,3-7,14H2,1-2H3. The van der Waals surface area contributed by atoms with Crippen molar-refractivity contribution >= 4 is 37.6 Å². The van der Waals surface area contributed by atoms with Crippen molar-refractivity contribution in [2.24, 2.45) is 5.92 Å². The van der Waals surface area contributed by atoms with Gasteiger partial charge in [-0.3, -0.25) is 4.79 Å². The molecule has 1 atom stereocenters. The van der Waals surface area contributed by atoms with E-state index in [9.17, 15) is 18.3 Å². The van der Waals surface area contributed by atoms with Gasteiger partial charge in [0.2, 0.25) is 0 Å². The van der Waals surface area contributed by atoms with Crippen LogP contribution < -0.4 is 10.6 Å². The Balaban J connectivity index is 2.52. The van der Waals surface area contributed by atoms with E-state index in [4.69, 9.17) is 5.73 Å². The van der Waals surface area contributed by atoms with E-state index in [1.165, 1.54) is 6.92 Å². The minimum Gasteiger partial charge on any atom is -0.396 e. The number of rotatable bonds is 4. The van der Waals surface area contributed by atoms with Crippen molar-refractivity contribution in [3.63, 3.8) is 0 Å². The molecule has 6 nitrogen and oxygen atoms in total. The number of sulfone groups is 1. The fourth-order valence-corrected chi connectivity index (χ4v) is 5.28. The minimum atomic E-state index is -3.52. The lowest BCUT2D eigenvalue weighted by atomic mass is 9.99. The van der Waals surface area contributed by atoms with E-state index in [0.717, 1.165) is 30.4 Å². The number of nitrogens with zero attached hydrogens (tertiary/aromatic N) is 1. The molecule has 0 amide bonds. The molecule has 1 fully saturated rings. The summed E-state index contributed by atoms with van der Waals surface area (Å²) in [6.45, 7) is 2.74. The van der Waals surface area contributed by atoms with E-state index in [1.807, 2.05) is 4.90 Å². The zero-order valence-corrected chi connectivity index (χ0v) is 13.8. The number of aliphatic hydroxyl groups excluding tert-OH is 1. The van der Waals surface area contributed by atoms with Crippen LogP contribution in [0.25, 0.3) is 0 Å². The molecule has 1 aromatic rings. The van der Waals surface area contributed by atoms with Gasteiger partial charge in [-0.15, -0.1) is 11.3 Å². The average molecular weight is 332 g/mol. The normalized spacial score (nSPS) is 19.8. The number of anilines is 2. The van der Waals surface area contributed by atoms with Crippen molar-refractivity contribution in [2.45, 2.75) is 24.7 Å². The van der Waals surface area contributed by atoms with E-state index in [-0.39, 0.29) is 33.8 Å². The first-order chi connectivity index (χ1) is 9.75. The number of carbonyl (C=O) groups excluding carboxylic acids is 1. The Labute approximate surface area is 128 Å². The molecule has 0 aromatic carbocycles. The summed E-state index contributed by atoms with van der Waals surface area (Å²) in [7, 11) is -3.52. The lowest BCUT2D eigenvalue weighted by Crippen LogP contribution is -2.37. The number of carbonyl (C=O) groups is 1. The number of piperidine rings is 1. The number of aliphatic hydroxyl groups is 1. The van der Waals surface area contributed by atoms with Crippen LogP contribution in [0.3, 0.4) is 0 Å². The number of Topliss-reactive ketones (excluding diaryl/α,β-unsaturated/α-hetero) is 1. The summed E-state index contributed by atoms with van der Waals surface area (Å²) in [6.07, 6.45) is 2.90. The molecule has 2 rings (SSSR count). The summed E-state index contributed by atoms with van der Waals surface area (Å²) in [5.74, 6) is -0.111. The largest absolute Gasteiger partial charge is 0.396 e. The third-order valence-electron chi connectivity index (χ3n) is 3.64. The quantitative estimate of drug-likeness (QED) is 0.802. The summed E-state index contributed by atoms with van der Waals surface area (Å²) in [4.78, 5) is 13.9. The van der Waals surface area contributed by atoms with E-state index in [1.54, 1.807) is 0 Å². The van der Waals surface area contributed by atoms with E-state index >= 15 is 0 Å². The molecule has 0 radical (unpaired) electrons.